The Balaban J connectivity index is 1.97. The average molecular weight is 368 g/mol. The zero-order valence-corrected chi connectivity index (χ0v) is 16.0. The molecule has 0 atom stereocenters. The summed E-state index contributed by atoms with van der Waals surface area (Å²) < 4.78 is 33.3. The highest BCUT2D eigenvalue weighted by molar-refractivity contribution is 7.93. The van der Waals surface area contributed by atoms with Crippen LogP contribution in [0.2, 0.25) is 0 Å². The topological polar surface area (TPSA) is 84.5 Å². The summed E-state index contributed by atoms with van der Waals surface area (Å²) in [5.41, 5.74) is 0.678. The highest BCUT2D eigenvalue weighted by atomic mass is 32.2. The second-order valence-electron chi connectivity index (χ2n) is 7.28. The first-order chi connectivity index (χ1) is 11.7. The first kappa shape index (κ1) is 19.6. The maximum Gasteiger partial charge on any atom is 0.257 e. The molecule has 0 saturated heterocycles. The normalized spacial score (nSPS) is 17.7. The number of sulfonamides is 1. The molecule has 0 radical (unpaired) electrons. The van der Waals surface area contributed by atoms with Gasteiger partial charge in [0.25, 0.3) is 5.91 Å². The Morgan fingerprint density at radius 2 is 1.96 bits per heavy atom. The standard InChI is InChI=1S/C18H28N2O4S/c1-4-19-17(21)13-24-15-7-5-6-14(12-15)20-25(22,23)16-8-10-18(2,3)11-9-16/h5-7,12,16,20H,4,8-11,13H2,1-3H3,(H,19,21). The fourth-order valence-corrected chi connectivity index (χ4v) is 4.46. The molecule has 2 N–H and O–H groups in total. The number of hydrogen-bond acceptors (Lipinski definition) is 4. The molecule has 0 aromatic heterocycles. The van der Waals surface area contributed by atoms with E-state index in [-0.39, 0.29) is 23.2 Å². The van der Waals surface area contributed by atoms with E-state index in [1.807, 2.05) is 6.92 Å². The van der Waals surface area contributed by atoms with E-state index in [2.05, 4.69) is 23.9 Å². The molecule has 1 aliphatic carbocycles. The summed E-state index contributed by atoms with van der Waals surface area (Å²) in [6, 6.07) is 6.68. The third-order valence-electron chi connectivity index (χ3n) is 4.56. The molecule has 1 fully saturated rings. The molecule has 0 unspecified atom stereocenters. The quantitative estimate of drug-likeness (QED) is 0.775. The molecule has 1 saturated carbocycles. The summed E-state index contributed by atoms with van der Waals surface area (Å²) in [5.74, 6) is 0.245. The Morgan fingerprint density at radius 1 is 1.28 bits per heavy atom. The van der Waals surface area contributed by atoms with E-state index in [0.29, 0.717) is 30.8 Å². The Morgan fingerprint density at radius 3 is 2.60 bits per heavy atom. The summed E-state index contributed by atoms with van der Waals surface area (Å²) in [7, 11) is -3.43. The number of hydrogen-bond donors (Lipinski definition) is 2. The van der Waals surface area contributed by atoms with Crippen molar-refractivity contribution in [2.75, 3.05) is 17.9 Å². The Hall–Kier alpha value is -1.76. The van der Waals surface area contributed by atoms with Crippen molar-refractivity contribution < 1.29 is 17.9 Å². The van der Waals surface area contributed by atoms with Crippen LogP contribution in [0.5, 0.6) is 5.75 Å². The van der Waals surface area contributed by atoms with Crippen molar-refractivity contribution in [3.05, 3.63) is 24.3 Å². The molecule has 1 amide bonds. The minimum absolute atomic E-state index is 0.0955. The first-order valence-corrected chi connectivity index (χ1v) is 10.3. The van der Waals surface area contributed by atoms with E-state index < -0.39 is 10.0 Å². The van der Waals surface area contributed by atoms with Crippen LogP contribution in [0, 0.1) is 5.41 Å². The van der Waals surface area contributed by atoms with Crippen molar-refractivity contribution in [3.8, 4) is 5.75 Å². The average Bonchev–Trinajstić information content (AvgIpc) is 2.53. The first-order valence-electron chi connectivity index (χ1n) is 8.73. The Bertz CT molecular complexity index is 691. The van der Waals surface area contributed by atoms with Crippen LogP contribution in [0.1, 0.15) is 46.5 Å². The molecule has 7 heteroatoms. The molecule has 140 valence electrons. The summed E-state index contributed by atoms with van der Waals surface area (Å²) in [4.78, 5) is 11.4. The smallest absolute Gasteiger partial charge is 0.257 e. The van der Waals surface area contributed by atoms with Gasteiger partial charge in [-0.25, -0.2) is 8.42 Å². The molecule has 6 nitrogen and oxygen atoms in total. The molecular formula is C18H28N2O4S. The fourth-order valence-electron chi connectivity index (χ4n) is 2.98. The number of carbonyl (C=O) groups excluding carboxylic acids is 1. The molecule has 0 bridgehead atoms. The van der Waals surface area contributed by atoms with E-state index in [9.17, 15) is 13.2 Å². The van der Waals surface area contributed by atoms with Crippen molar-refractivity contribution in [3.63, 3.8) is 0 Å². The van der Waals surface area contributed by atoms with Gasteiger partial charge in [0, 0.05) is 12.6 Å². The zero-order valence-electron chi connectivity index (χ0n) is 15.2. The predicted molar refractivity (Wildman–Crippen MR) is 99.2 cm³/mol. The minimum Gasteiger partial charge on any atom is -0.484 e. The van der Waals surface area contributed by atoms with E-state index in [1.54, 1.807) is 24.3 Å². The number of anilines is 1. The van der Waals surface area contributed by atoms with Crippen molar-refractivity contribution in [1.29, 1.82) is 0 Å². The SMILES string of the molecule is CCNC(=O)COc1cccc(NS(=O)(=O)C2CCC(C)(C)CC2)c1. The largest absolute Gasteiger partial charge is 0.484 e. The van der Waals surface area contributed by atoms with Crippen molar-refractivity contribution in [2.24, 2.45) is 5.41 Å². The summed E-state index contributed by atoms with van der Waals surface area (Å²) in [6.07, 6.45) is 3.17. The lowest BCUT2D eigenvalue weighted by Gasteiger charge is -2.33. The number of nitrogens with one attached hydrogen (secondary N) is 2. The molecule has 1 aromatic carbocycles. The molecule has 1 aliphatic rings. The van der Waals surface area contributed by atoms with Gasteiger partial charge in [0.1, 0.15) is 5.75 Å². The van der Waals surface area contributed by atoms with Gasteiger partial charge in [-0.3, -0.25) is 9.52 Å². The zero-order chi connectivity index (χ0) is 18.5. The van der Waals surface area contributed by atoms with Crippen LogP contribution in [0.25, 0.3) is 0 Å². The van der Waals surface area contributed by atoms with Crippen LogP contribution in [0.4, 0.5) is 5.69 Å². The van der Waals surface area contributed by atoms with E-state index >= 15 is 0 Å². The lowest BCUT2D eigenvalue weighted by atomic mass is 9.77. The molecule has 2 rings (SSSR count). The van der Waals surface area contributed by atoms with E-state index in [4.69, 9.17) is 4.74 Å². The molecule has 0 heterocycles. The van der Waals surface area contributed by atoms with Crippen LogP contribution in [0.3, 0.4) is 0 Å². The Labute approximate surface area is 150 Å². The van der Waals surface area contributed by atoms with Crippen LogP contribution in [-0.4, -0.2) is 32.7 Å². The number of rotatable bonds is 7. The van der Waals surface area contributed by atoms with Gasteiger partial charge in [-0.2, -0.15) is 0 Å². The highest BCUT2D eigenvalue weighted by Crippen LogP contribution is 2.37. The Kier molecular flexibility index (Phi) is 6.32. The minimum atomic E-state index is -3.43. The van der Waals surface area contributed by atoms with Crippen LogP contribution in [0.15, 0.2) is 24.3 Å². The number of ether oxygens (including phenoxy) is 1. The van der Waals surface area contributed by atoms with Gasteiger partial charge in [0.2, 0.25) is 10.0 Å². The second kappa shape index (κ2) is 8.08. The van der Waals surface area contributed by atoms with Gasteiger partial charge in [0.15, 0.2) is 6.61 Å². The maximum absolute atomic E-state index is 12.6. The van der Waals surface area contributed by atoms with Gasteiger partial charge >= 0.3 is 0 Å². The number of likely N-dealkylation sites (N-methyl/N-ethyl adjacent to an activating group) is 1. The lowest BCUT2D eigenvalue weighted by Crippen LogP contribution is -2.34. The van der Waals surface area contributed by atoms with Gasteiger partial charge in [-0.05, 0) is 50.2 Å². The van der Waals surface area contributed by atoms with Crippen molar-refractivity contribution in [2.45, 2.75) is 51.7 Å². The van der Waals surface area contributed by atoms with Gasteiger partial charge in [-0.15, -0.1) is 0 Å². The van der Waals surface area contributed by atoms with Gasteiger partial charge < -0.3 is 10.1 Å². The lowest BCUT2D eigenvalue weighted by molar-refractivity contribution is -0.122. The molecule has 0 aliphatic heterocycles. The van der Waals surface area contributed by atoms with Gasteiger partial charge in [0.05, 0.1) is 10.9 Å². The van der Waals surface area contributed by atoms with Crippen molar-refractivity contribution in [1.82, 2.24) is 5.32 Å². The number of carbonyl (C=O) groups is 1. The molecular weight excluding hydrogens is 340 g/mol. The number of benzene rings is 1. The van der Waals surface area contributed by atoms with E-state index in [1.165, 1.54) is 0 Å². The highest BCUT2D eigenvalue weighted by Gasteiger charge is 2.34. The monoisotopic (exact) mass is 368 g/mol. The molecule has 0 spiro atoms. The summed E-state index contributed by atoms with van der Waals surface area (Å²) >= 11 is 0. The molecule has 25 heavy (non-hydrogen) atoms. The van der Waals surface area contributed by atoms with Crippen molar-refractivity contribution >= 4 is 21.6 Å². The summed E-state index contributed by atoms with van der Waals surface area (Å²) in [6.45, 7) is 6.64. The number of amides is 1. The third-order valence-corrected chi connectivity index (χ3v) is 6.43. The van der Waals surface area contributed by atoms with Crippen LogP contribution >= 0.6 is 0 Å². The van der Waals surface area contributed by atoms with E-state index in [0.717, 1.165) is 12.8 Å². The maximum atomic E-state index is 12.6. The molecule has 1 aromatic rings. The second-order valence-corrected chi connectivity index (χ2v) is 9.24. The third kappa shape index (κ3) is 5.92. The van der Waals surface area contributed by atoms with Gasteiger partial charge in [-0.1, -0.05) is 19.9 Å². The summed E-state index contributed by atoms with van der Waals surface area (Å²) in [5, 5.41) is 2.28. The van der Waals surface area contributed by atoms with Crippen LogP contribution in [-0.2, 0) is 14.8 Å². The predicted octanol–water partition coefficient (Wildman–Crippen LogP) is 2.91. The fraction of sp³-hybridized carbons (Fsp3) is 0.611. The van der Waals surface area contributed by atoms with Crippen LogP contribution < -0.4 is 14.8 Å².